The number of carbonyl (C=O) groups is 1. The van der Waals surface area contributed by atoms with Crippen molar-refractivity contribution >= 4 is 18.6 Å². The molecule has 0 aliphatic heterocycles. The number of aliphatic hydroxyl groups is 2. The summed E-state index contributed by atoms with van der Waals surface area (Å²) >= 11 is 3.97. The predicted molar refractivity (Wildman–Crippen MR) is 65.0 cm³/mol. The minimum absolute atomic E-state index is 0.202. The van der Waals surface area contributed by atoms with Crippen LogP contribution in [0.2, 0.25) is 0 Å². The molecule has 0 saturated heterocycles. The minimum atomic E-state index is -1.18. The van der Waals surface area contributed by atoms with Crippen molar-refractivity contribution in [3.05, 3.63) is 29.6 Å². The number of ether oxygens (including phenoxy) is 1. The van der Waals surface area contributed by atoms with Gasteiger partial charge in [0.05, 0.1) is 18.8 Å². The van der Waals surface area contributed by atoms with Crippen LogP contribution in [0.1, 0.15) is 28.4 Å². The van der Waals surface area contributed by atoms with Crippen molar-refractivity contribution in [2.75, 3.05) is 12.9 Å². The first-order valence-corrected chi connectivity index (χ1v) is 5.74. The van der Waals surface area contributed by atoms with Crippen molar-refractivity contribution in [1.29, 1.82) is 0 Å². The first-order valence-electron chi connectivity index (χ1n) is 5.11. The van der Waals surface area contributed by atoms with Gasteiger partial charge in [-0.25, -0.2) is 4.79 Å². The number of methoxy groups -OCH3 is 1. The van der Waals surface area contributed by atoms with Gasteiger partial charge >= 0.3 is 5.97 Å². The third-order valence-electron chi connectivity index (χ3n) is 2.37. The molecule has 17 heavy (non-hydrogen) atoms. The van der Waals surface area contributed by atoms with Crippen LogP contribution in [-0.4, -0.2) is 40.1 Å². The molecule has 2 N–H and O–H groups in total. The highest BCUT2D eigenvalue weighted by atomic mass is 32.1. The molecule has 0 aliphatic carbocycles. The van der Waals surface area contributed by atoms with Crippen molar-refractivity contribution in [3.8, 4) is 0 Å². The van der Waals surface area contributed by atoms with E-state index in [1.54, 1.807) is 0 Å². The van der Waals surface area contributed by atoms with Crippen LogP contribution >= 0.6 is 12.6 Å². The van der Waals surface area contributed by atoms with Gasteiger partial charge in [-0.15, -0.1) is 0 Å². The fourth-order valence-corrected chi connectivity index (χ4v) is 1.70. The summed E-state index contributed by atoms with van der Waals surface area (Å²) in [5, 5.41) is 19.6. The van der Waals surface area contributed by atoms with E-state index in [0.717, 1.165) is 0 Å². The van der Waals surface area contributed by atoms with Crippen molar-refractivity contribution < 1.29 is 19.7 Å². The molecule has 0 radical (unpaired) electrons. The fraction of sp³-hybridized carbons (Fsp3) is 0.455. The maximum atomic E-state index is 11.5. The number of pyridine rings is 1. The summed E-state index contributed by atoms with van der Waals surface area (Å²) in [5.41, 5.74) is 0.460. The Morgan fingerprint density at radius 3 is 2.88 bits per heavy atom. The number of rotatable bonds is 5. The van der Waals surface area contributed by atoms with Gasteiger partial charge in [-0.3, -0.25) is 4.98 Å². The van der Waals surface area contributed by atoms with Crippen LogP contribution in [0.15, 0.2) is 18.5 Å². The van der Waals surface area contributed by atoms with E-state index in [2.05, 4.69) is 22.3 Å². The lowest BCUT2D eigenvalue weighted by molar-refractivity contribution is 0.0158. The summed E-state index contributed by atoms with van der Waals surface area (Å²) in [6.45, 7) is 0. The summed E-state index contributed by atoms with van der Waals surface area (Å²) < 4.78 is 4.59. The third-order valence-corrected chi connectivity index (χ3v) is 2.62. The molecular weight excluding hydrogens is 242 g/mol. The van der Waals surface area contributed by atoms with Crippen LogP contribution in [0.25, 0.3) is 0 Å². The zero-order chi connectivity index (χ0) is 12.8. The Morgan fingerprint density at radius 2 is 2.29 bits per heavy atom. The minimum Gasteiger partial charge on any atom is -0.465 e. The van der Waals surface area contributed by atoms with Gasteiger partial charge in [0.15, 0.2) is 0 Å². The second-order valence-corrected chi connectivity index (χ2v) is 3.93. The monoisotopic (exact) mass is 257 g/mol. The maximum absolute atomic E-state index is 11.5. The van der Waals surface area contributed by atoms with Crippen LogP contribution in [0.5, 0.6) is 0 Å². The van der Waals surface area contributed by atoms with E-state index < -0.39 is 18.2 Å². The Bertz CT molecular complexity index is 385. The van der Waals surface area contributed by atoms with E-state index in [0.29, 0.717) is 12.2 Å². The summed E-state index contributed by atoms with van der Waals surface area (Å²) in [6.07, 6.45) is 0.927. The number of hydrogen-bond acceptors (Lipinski definition) is 6. The zero-order valence-electron chi connectivity index (χ0n) is 9.41. The Hall–Kier alpha value is -1.11. The van der Waals surface area contributed by atoms with Crippen molar-refractivity contribution in [2.45, 2.75) is 18.6 Å². The molecule has 6 heteroatoms. The molecule has 0 aliphatic rings. The van der Waals surface area contributed by atoms with Gasteiger partial charge in [0, 0.05) is 18.0 Å². The molecule has 0 amide bonds. The van der Waals surface area contributed by atoms with Gasteiger partial charge in [-0.1, -0.05) is 0 Å². The van der Waals surface area contributed by atoms with E-state index in [1.807, 2.05) is 0 Å². The van der Waals surface area contributed by atoms with Gasteiger partial charge in [-0.05, 0) is 18.2 Å². The second-order valence-electron chi connectivity index (χ2n) is 3.48. The van der Waals surface area contributed by atoms with Crippen LogP contribution in [0.3, 0.4) is 0 Å². The van der Waals surface area contributed by atoms with Gasteiger partial charge in [0.1, 0.15) is 6.10 Å². The number of thiol groups is 1. The molecule has 0 aromatic carbocycles. The molecule has 1 aromatic heterocycles. The van der Waals surface area contributed by atoms with Crippen LogP contribution in [-0.2, 0) is 4.74 Å². The van der Waals surface area contributed by atoms with Gasteiger partial charge in [-0.2, -0.15) is 12.6 Å². The quantitative estimate of drug-likeness (QED) is 0.531. The molecule has 0 bridgehead atoms. The van der Waals surface area contributed by atoms with E-state index in [-0.39, 0.29) is 11.1 Å². The van der Waals surface area contributed by atoms with E-state index in [9.17, 15) is 15.0 Å². The Balaban J connectivity index is 3.00. The van der Waals surface area contributed by atoms with E-state index in [4.69, 9.17) is 0 Å². The number of esters is 1. The highest BCUT2D eigenvalue weighted by Crippen LogP contribution is 2.22. The normalized spacial score (nSPS) is 14.1. The van der Waals surface area contributed by atoms with E-state index in [1.165, 1.54) is 25.6 Å². The number of aromatic nitrogens is 1. The zero-order valence-corrected chi connectivity index (χ0v) is 10.3. The third kappa shape index (κ3) is 3.42. The SMILES string of the molecule is COC(=O)c1ccncc1C(O)C(O)CCS. The van der Waals surface area contributed by atoms with Crippen molar-refractivity contribution in [2.24, 2.45) is 0 Å². The molecule has 2 atom stereocenters. The molecule has 1 heterocycles. The summed E-state index contributed by atoms with van der Waals surface area (Å²) in [4.78, 5) is 15.3. The average molecular weight is 257 g/mol. The molecule has 0 spiro atoms. The standard InChI is InChI=1S/C11H15NO4S/c1-16-11(15)7-2-4-12-6-8(7)10(14)9(13)3-5-17/h2,4,6,9-10,13-14,17H,3,5H2,1H3. The van der Waals surface area contributed by atoms with E-state index >= 15 is 0 Å². The fourth-order valence-electron chi connectivity index (χ4n) is 1.44. The van der Waals surface area contributed by atoms with Crippen molar-refractivity contribution in [1.82, 2.24) is 4.98 Å². The lowest BCUT2D eigenvalue weighted by Crippen LogP contribution is -2.21. The smallest absolute Gasteiger partial charge is 0.338 e. The number of nitrogens with zero attached hydrogens (tertiary/aromatic N) is 1. The molecule has 0 fully saturated rings. The Morgan fingerprint density at radius 1 is 1.59 bits per heavy atom. The second kappa shape index (κ2) is 6.58. The first kappa shape index (κ1) is 14.0. The van der Waals surface area contributed by atoms with Crippen LogP contribution < -0.4 is 0 Å². The van der Waals surface area contributed by atoms with Crippen LogP contribution in [0.4, 0.5) is 0 Å². The Labute approximate surface area is 105 Å². The highest BCUT2D eigenvalue weighted by Gasteiger charge is 2.23. The molecule has 94 valence electrons. The first-order chi connectivity index (χ1) is 8.11. The van der Waals surface area contributed by atoms with Crippen molar-refractivity contribution in [3.63, 3.8) is 0 Å². The predicted octanol–water partition coefficient (Wildman–Crippen LogP) is 0.582. The number of hydrogen-bond donors (Lipinski definition) is 3. The topological polar surface area (TPSA) is 79.7 Å². The largest absolute Gasteiger partial charge is 0.465 e. The van der Waals surface area contributed by atoms with Gasteiger partial charge < -0.3 is 14.9 Å². The lowest BCUT2D eigenvalue weighted by Gasteiger charge is -2.18. The number of carbonyl (C=O) groups excluding carboxylic acids is 1. The van der Waals surface area contributed by atoms with Gasteiger partial charge in [0.25, 0.3) is 0 Å². The lowest BCUT2D eigenvalue weighted by atomic mass is 9.99. The summed E-state index contributed by atoms with van der Waals surface area (Å²) in [7, 11) is 1.25. The van der Waals surface area contributed by atoms with Crippen LogP contribution in [0, 0.1) is 0 Å². The maximum Gasteiger partial charge on any atom is 0.338 e. The molecule has 1 rings (SSSR count). The summed E-state index contributed by atoms with van der Waals surface area (Å²) in [6, 6.07) is 1.44. The molecular formula is C11H15NO4S. The molecule has 5 nitrogen and oxygen atoms in total. The Kier molecular flexibility index (Phi) is 5.40. The molecule has 1 aromatic rings. The van der Waals surface area contributed by atoms with Gasteiger partial charge in [0.2, 0.25) is 0 Å². The molecule has 0 saturated carbocycles. The number of aliphatic hydroxyl groups excluding tert-OH is 2. The highest BCUT2D eigenvalue weighted by molar-refractivity contribution is 7.80. The summed E-state index contributed by atoms with van der Waals surface area (Å²) in [5.74, 6) is -0.133. The average Bonchev–Trinajstić information content (AvgIpc) is 2.37. The molecule has 2 unspecified atom stereocenters.